The minimum absolute atomic E-state index is 0.0209. The number of carboxylic acids is 1. The summed E-state index contributed by atoms with van der Waals surface area (Å²) in [5, 5.41) is 8.48. The van der Waals surface area contributed by atoms with E-state index in [4.69, 9.17) is 10.8 Å². The molecule has 5 heteroatoms. The van der Waals surface area contributed by atoms with E-state index < -0.39 is 5.97 Å². The van der Waals surface area contributed by atoms with Gasteiger partial charge in [0, 0.05) is 32.0 Å². The first-order chi connectivity index (χ1) is 7.43. The molecule has 1 aliphatic carbocycles. The number of aliphatic carboxylic acids is 1. The quantitative estimate of drug-likeness (QED) is 0.696. The lowest BCUT2D eigenvalue weighted by Gasteiger charge is -2.38. The predicted octanol–water partition coefficient (Wildman–Crippen LogP) is 0.581. The van der Waals surface area contributed by atoms with Crippen LogP contribution in [0.1, 0.15) is 38.5 Å². The van der Waals surface area contributed by atoms with Crippen LogP contribution in [0.3, 0.4) is 0 Å². The first-order valence-electron chi connectivity index (χ1n) is 5.68. The van der Waals surface area contributed by atoms with Crippen LogP contribution in [0, 0.1) is 0 Å². The Morgan fingerprint density at radius 1 is 1.44 bits per heavy atom. The fourth-order valence-electron chi connectivity index (χ4n) is 1.84. The third kappa shape index (κ3) is 3.81. The Balaban J connectivity index is 2.22. The molecule has 0 atom stereocenters. The maximum absolute atomic E-state index is 11.7. The van der Waals surface area contributed by atoms with E-state index >= 15 is 0 Å². The van der Waals surface area contributed by atoms with E-state index in [9.17, 15) is 9.59 Å². The lowest BCUT2D eigenvalue weighted by Crippen LogP contribution is -2.50. The SMILES string of the molecule is CN(CCCC(=O)O)C(=O)CC1(N)CCC1. The average Bonchev–Trinajstić information content (AvgIpc) is 2.14. The lowest BCUT2D eigenvalue weighted by molar-refractivity contribution is -0.138. The van der Waals surface area contributed by atoms with Gasteiger partial charge >= 0.3 is 5.97 Å². The van der Waals surface area contributed by atoms with Crippen molar-refractivity contribution in [2.75, 3.05) is 13.6 Å². The summed E-state index contributed by atoms with van der Waals surface area (Å²) in [6, 6.07) is 0. The van der Waals surface area contributed by atoms with Crippen LogP contribution < -0.4 is 5.73 Å². The van der Waals surface area contributed by atoms with Crippen molar-refractivity contribution in [3.63, 3.8) is 0 Å². The second-order valence-corrected chi connectivity index (χ2v) is 4.71. The van der Waals surface area contributed by atoms with Gasteiger partial charge < -0.3 is 15.7 Å². The van der Waals surface area contributed by atoms with Gasteiger partial charge in [0.05, 0.1) is 0 Å². The summed E-state index contributed by atoms with van der Waals surface area (Å²) in [5.74, 6) is -0.803. The second kappa shape index (κ2) is 5.30. The zero-order chi connectivity index (χ0) is 12.2. The molecule has 0 aromatic carbocycles. The summed E-state index contributed by atoms with van der Waals surface area (Å²) < 4.78 is 0. The van der Waals surface area contributed by atoms with Crippen molar-refractivity contribution in [2.24, 2.45) is 5.73 Å². The van der Waals surface area contributed by atoms with E-state index in [0.717, 1.165) is 19.3 Å². The number of rotatable bonds is 6. The lowest BCUT2D eigenvalue weighted by atomic mass is 9.75. The van der Waals surface area contributed by atoms with Crippen molar-refractivity contribution >= 4 is 11.9 Å². The van der Waals surface area contributed by atoms with Crippen LogP contribution in [0.2, 0.25) is 0 Å². The van der Waals surface area contributed by atoms with E-state index in [-0.39, 0.29) is 17.9 Å². The molecule has 0 saturated heterocycles. The van der Waals surface area contributed by atoms with Gasteiger partial charge in [0.25, 0.3) is 0 Å². The van der Waals surface area contributed by atoms with Gasteiger partial charge in [0.2, 0.25) is 5.91 Å². The van der Waals surface area contributed by atoms with Crippen LogP contribution >= 0.6 is 0 Å². The second-order valence-electron chi connectivity index (χ2n) is 4.71. The van der Waals surface area contributed by atoms with Crippen LogP contribution in [-0.4, -0.2) is 41.0 Å². The maximum Gasteiger partial charge on any atom is 0.303 e. The van der Waals surface area contributed by atoms with Crippen LogP contribution in [0.25, 0.3) is 0 Å². The molecule has 0 spiro atoms. The van der Waals surface area contributed by atoms with Crippen molar-refractivity contribution in [2.45, 2.75) is 44.1 Å². The summed E-state index contributed by atoms with van der Waals surface area (Å²) in [5.41, 5.74) is 5.68. The van der Waals surface area contributed by atoms with Gasteiger partial charge in [-0.1, -0.05) is 0 Å². The highest BCUT2D eigenvalue weighted by Gasteiger charge is 2.35. The van der Waals surface area contributed by atoms with E-state index in [1.807, 2.05) is 0 Å². The Morgan fingerprint density at radius 3 is 2.50 bits per heavy atom. The van der Waals surface area contributed by atoms with Gasteiger partial charge in [0.15, 0.2) is 0 Å². The molecular weight excluding hydrogens is 208 g/mol. The van der Waals surface area contributed by atoms with Gasteiger partial charge in [-0.3, -0.25) is 9.59 Å². The minimum atomic E-state index is -0.824. The molecule has 5 nitrogen and oxygen atoms in total. The molecule has 1 saturated carbocycles. The van der Waals surface area contributed by atoms with Crippen LogP contribution in [0.5, 0.6) is 0 Å². The fraction of sp³-hybridized carbons (Fsp3) is 0.818. The number of nitrogens with two attached hydrogens (primary N) is 1. The largest absolute Gasteiger partial charge is 0.481 e. The highest BCUT2D eigenvalue weighted by molar-refractivity contribution is 5.77. The Morgan fingerprint density at radius 2 is 2.06 bits per heavy atom. The third-order valence-electron chi connectivity index (χ3n) is 3.16. The summed E-state index contributed by atoms with van der Waals surface area (Å²) in [4.78, 5) is 23.6. The highest BCUT2D eigenvalue weighted by Crippen LogP contribution is 2.32. The zero-order valence-electron chi connectivity index (χ0n) is 9.74. The molecule has 0 radical (unpaired) electrons. The molecule has 1 amide bonds. The molecule has 0 heterocycles. The van der Waals surface area contributed by atoms with Crippen molar-refractivity contribution in [3.8, 4) is 0 Å². The first kappa shape index (κ1) is 13.0. The number of hydrogen-bond donors (Lipinski definition) is 2. The summed E-state index contributed by atoms with van der Waals surface area (Å²) in [6.07, 6.45) is 3.92. The molecule has 0 aromatic rings. The van der Waals surface area contributed by atoms with Gasteiger partial charge in [-0.05, 0) is 25.7 Å². The Kier molecular flexibility index (Phi) is 4.29. The fourth-order valence-corrected chi connectivity index (χ4v) is 1.84. The highest BCUT2D eigenvalue weighted by atomic mass is 16.4. The van der Waals surface area contributed by atoms with Gasteiger partial charge in [-0.25, -0.2) is 0 Å². The average molecular weight is 228 g/mol. The number of carboxylic acid groups (broad SMARTS) is 1. The molecule has 0 aromatic heterocycles. The van der Waals surface area contributed by atoms with E-state index in [1.54, 1.807) is 11.9 Å². The van der Waals surface area contributed by atoms with Crippen molar-refractivity contribution in [3.05, 3.63) is 0 Å². The number of amides is 1. The molecule has 1 fully saturated rings. The number of carbonyl (C=O) groups is 2. The van der Waals surface area contributed by atoms with Gasteiger partial charge in [-0.2, -0.15) is 0 Å². The predicted molar refractivity (Wildman–Crippen MR) is 59.9 cm³/mol. The zero-order valence-corrected chi connectivity index (χ0v) is 9.74. The molecule has 92 valence electrons. The van der Waals surface area contributed by atoms with Gasteiger partial charge in [-0.15, -0.1) is 0 Å². The third-order valence-corrected chi connectivity index (χ3v) is 3.16. The van der Waals surface area contributed by atoms with E-state index in [0.29, 0.717) is 19.4 Å². The number of hydrogen-bond acceptors (Lipinski definition) is 3. The first-order valence-corrected chi connectivity index (χ1v) is 5.68. The normalized spacial score (nSPS) is 17.6. The smallest absolute Gasteiger partial charge is 0.303 e. The standard InChI is InChI=1S/C11H20N2O3/c1-13(7-2-4-10(15)16)9(14)8-11(12)5-3-6-11/h2-8,12H2,1H3,(H,15,16). The van der Waals surface area contributed by atoms with Gasteiger partial charge in [0.1, 0.15) is 0 Å². The van der Waals surface area contributed by atoms with E-state index in [1.165, 1.54) is 0 Å². The molecule has 0 bridgehead atoms. The van der Waals surface area contributed by atoms with Crippen LogP contribution in [0.4, 0.5) is 0 Å². The number of carbonyl (C=O) groups excluding carboxylic acids is 1. The number of nitrogens with zero attached hydrogens (tertiary/aromatic N) is 1. The summed E-state index contributed by atoms with van der Waals surface area (Å²) in [6.45, 7) is 0.487. The maximum atomic E-state index is 11.7. The summed E-state index contributed by atoms with van der Waals surface area (Å²) >= 11 is 0. The minimum Gasteiger partial charge on any atom is -0.481 e. The monoisotopic (exact) mass is 228 g/mol. The summed E-state index contributed by atoms with van der Waals surface area (Å²) in [7, 11) is 1.70. The molecule has 1 aliphatic rings. The Hall–Kier alpha value is -1.10. The van der Waals surface area contributed by atoms with E-state index in [2.05, 4.69) is 0 Å². The van der Waals surface area contributed by atoms with Crippen molar-refractivity contribution in [1.82, 2.24) is 4.90 Å². The van der Waals surface area contributed by atoms with Crippen molar-refractivity contribution < 1.29 is 14.7 Å². The Labute approximate surface area is 95.6 Å². The van der Waals surface area contributed by atoms with Crippen LogP contribution in [-0.2, 0) is 9.59 Å². The molecule has 1 rings (SSSR count). The molecule has 0 aliphatic heterocycles. The molecular formula is C11H20N2O3. The Bertz CT molecular complexity index is 274. The topological polar surface area (TPSA) is 83.6 Å². The molecule has 16 heavy (non-hydrogen) atoms. The molecule has 0 unspecified atom stereocenters. The van der Waals surface area contributed by atoms with Crippen LogP contribution in [0.15, 0.2) is 0 Å². The van der Waals surface area contributed by atoms with Crippen molar-refractivity contribution in [1.29, 1.82) is 0 Å². The molecule has 3 N–H and O–H groups in total.